The first-order valence-corrected chi connectivity index (χ1v) is 12.2. The van der Waals surface area contributed by atoms with E-state index in [0.29, 0.717) is 0 Å². The number of rotatable bonds is 0. The van der Waals surface area contributed by atoms with E-state index in [4.69, 9.17) is 0 Å². The van der Waals surface area contributed by atoms with Crippen LogP contribution in [0.15, 0.2) is 97.1 Å². The van der Waals surface area contributed by atoms with Crippen LogP contribution in [0, 0.1) is 0 Å². The summed E-state index contributed by atoms with van der Waals surface area (Å²) in [4.78, 5) is 0. The van der Waals surface area contributed by atoms with Gasteiger partial charge in [0, 0.05) is 0 Å². The average molecular weight is 429 g/mol. The quantitative estimate of drug-likeness (QED) is 0.167. The summed E-state index contributed by atoms with van der Waals surface area (Å²) in [5.41, 5.74) is 11.4. The molecule has 0 nitrogen and oxygen atoms in total. The summed E-state index contributed by atoms with van der Waals surface area (Å²) < 4.78 is 0. The SMILES string of the molecule is c1ccc2c(c1)Cc1ccc3c4ccc5c6c(ccc(c7ccc-2c1c37)c64)Cc1ccccc1-5. The third-order valence-corrected chi connectivity index (χ3v) is 8.45. The molecule has 156 valence electrons. The Morgan fingerprint density at radius 1 is 0.294 bits per heavy atom. The molecule has 0 aliphatic heterocycles. The fraction of sp³-hybridized carbons (Fsp3) is 0.0588. The number of hydrogen-bond acceptors (Lipinski definition) is 0. The first-order chi connectivity index (χ1) is 16.9. The molecule has 34 heavy (non-hydrogen) atoms. The van der Waals surface area contributed by atoms with Crippen molar-refractivity contribution in [1.82, 2.24) is 0 Å². The van der Waals surface area contributed by atoms with Crippen molar-refractivity contribution < 1.29 is 0 Å². The molecule has 2 aliphatic carbocycles. The first kappa shape index (κ1) is 17.3. The van der Waals surface area contributed by atoms with Gasteiger partial charge < -0.3 is 0 Å². The van der Waals surface area contributed by atoms with E-state index in [1.54, 1.807) is 0 Å². The minimum Gasteiger partial charge on any atom is -0.0619 e. The maximum absolute atomic E-state index is 2.39. The van der Waals surface area contributed by atoms with Crippen molar-refractivity contribution in [2.45, 2.75) is 12.8 Å². The Labute approximate surface area is 197 Å². The van der Waals surface area contributed by atoms with E-state index < -0.39 is 0 Å². The van der Waals surface area contributed by atoms with Crippen LogP contribution in [0.5, 0.6) is 0 Å². The second kappa shape index (κ2) is 5.85. The molecule has 0 spiro atoms. The lowest BCUT2D eigenvalue weighted by molar-refractivity contribution is 1.20. The van der Waals surface area contributed by atoms with Crippen LogP contribution in [-0.2, 0) is 12.8 Å². The molecule has 0 bridgehead atoms. The van der Waals surface area contributed by atoms with Crippen LogP contribution in [0.25, 0.3) is 65.3 Å². The molecule has 9 rings (SSSR count). The van der Waals surface area contributed by atoms with Gasteiger partial charge >= 0.3 is 0 Å². The summed E-state index contributed by atoms with van der Waals surface area (Å²) in [7, 11) is 0. The van der Waals surface area contributed by atoms with E-state index >= 15 is 0 Å². The van der Waals surface area contributed by atoms with E-state index in [2.05, 4.69) is 97.1 Å². The van der Waals surface area contributed by atoms with Crippen LogP contribution in [-0.4, -0.2) is 0 Å². The largest absolute Gasteiger partial charge is 0.0619 e. The van der Waals surface area contributed by atoms with Gasteiger partial charge in [-0.25, -0.2) is 0 Å². The monoisotopic (exact) mass is 428 g/mol. The maximum Gasteiger partial charge on any atom is -0.00132 e. The van der Waals surface area contributed by atoms with Gasteiger partial charge in [-0.3, -0.25) is 0 Å². The first-order valence-electron chi connectivity index (χ1n) is 12.2. The molecule has 0 saturated carbocycles. The van der Waals surface area contributed by atoms with Gasteiger partial charge in [0.15, 0.2) is 0 Å². The highest BCUT2D eigenvalue weighted by Crippen LogP contribution is 2.50. The smallest absolute Gasteiger partial charge is 0.00132 e. The molecular weight excluding hydrogens is 408 g/mol. The normalized spacial score (nSPS) is 13.6. The highest BCUT2D eigenvalue weighted by molar-refractivity contribution is 6.36. The fourth-order valence-corrected chi connectivity index (χ4v) is 7.06. The van der Waals surface area contributed by atoms with Gasteiger partial charge in [-0.15, -0.1) is 0 Å². The van der Waals surface area contributed by atoms with Crippen molar-refractivity contribution in [3.63, 3.8) is 0 Å². The van der Waals surface area contributed by atoms with E-state index in [1.165, 1.54) is 87.6 Å². The summed E-state index contributed by atoms with van der Waals surface area (Å²) in [6.07, 6.45) is 2.03. The summed E-state index contributed by atoms with van der Waals surface area (Å²) in [5.74, 6) is 0. The summed E-state index contributed by atoms with van der Waals surface area (Å²) in [6.45, 7) is 0. The molecule has 7 aromatic rings. The van der Waals surface area contributed by atoms with Gasteiger partial charge in [-0.1, -0.05) is 97.1 Å². The van der Waals surface area contributed by atoms with Crippen LogP contribution in [0.4, 0.5) is 0 Å². The minimum absolute atomic E-state index is 1.01. The molecule has 0 atom stereocenters. The Bertz CT molecular complexity index is 1840. The van der Waals surface area contributed by atoms with Crippen molar-refractivity contribution in [2.24, 2.45) is 0 Å². The Morgan fingerprint density at radius 3 is 1.18 bits per heavy atom. The molecule has 0 aromatic heterocycles. The zero-order valence-electron chi connectivity index (χ0n) is 18.7. The van der Waals surface area contributed by atoms with Crippen molar-refractivity contribution in [1.29, 1.82) is 0 Å². The van der Waals surface area contributed by atoms with Gasteiger partial charge in [-0.2, -0.15) is 0 Å². The number of hydrogen-bond donors (Lipinski definition) is 0. The lowest BCUT2D eigenvalue weighted by Crippen LogP contribution is -2.03. The molecule has 7 aromatic carbocycles. The topological polar surface area (TPSA) is 0 Å². The predicted octanol–water partition coefficient (Wildman–Crippen LogP) is 8.88. The Hall–Kier alpha value is -4.16. The molecule has 0 heteroatoms. The van der Waals surface area contributed by atoms with Crippen molar-refractivity contribution >= 4 is 43.1 Å². The molecule has 0 heterocycles. The van der Waals surface area contributed by atoms with E-state index in [-0.39, 0.29) is 0 Å². The van der Waals surface area contributed by atoms with Crippen LogP contribution in [0.2, 0.25) is 0 Å². The van der Waals surface area contributed by atoms with E-state index in [0.717, 1.165) is 12.8 Å². The van der Waals surface area contributed by atoms with Crippen LogP contribution in [0.1, 0.15) is 22.3 Å². The van der Waals surface area contributed by atoms with Gasteiger partial charge in [-0.05, 0) is 100 Å². The van der Waals surface area contributed by atoms with Crippen molar-refractivity contribution in [3.8, 4) is 22.3 Å². The average Bonchev–Trinajstić information content (AvgIpc) is 2.90. The van der Waals surface area contributed by atoms with E-state index in [9.17, 15) is 0 Å². The molecule has 0 amide bonds. The fourth-order valence-electron chi connectivity index (χ4n) is 7.06. The highest BCUT2D eigenvalue weighted by Gasteiger charge is 2.25. The van der Waals surface area contributed by atoms with Gasteiger partial charge in [0.05, 0.1) is 0 Å². The third-order valence-electron chi connectivity index (χ3n) is 8.45. The summed E-state index contributed by atoms with van der Waals surface area (Å²) >= 11 is 0. The zero-order chi connectivity index (χ0) is 22.0. The molecule has 0 fully saturated rings. The molecule has 0 unspecified atom stereocenters. The van der Waals surface area contributed by atoms with Crippen LogP contribution >= 0.6 is 0 Å². The molecule has 0 saturated heterocycles. The lowest BCUT2D eigenvalue weighted by Gasteiger charge is -2.26. The zero-order valence-corrected chi connectivity index (χ0v) is 18.7. The Morgan fingerprint density at radius 2 is 0.706 bits per heavy atom. The molecular formula is C34H20. The number of benzene rings is 7. The van der Waals surface area contributed by atoms with Crippen molar-refractivity contribution in [2.75, 3.05) is 0 Å². The number of fused-ring (bicyclic) bond motifs is 6. The second-order valence-corrected chi connectivity index (χ2v) is 10.0. The third kappa shape index (κ3) is 1.93. The van der Waals surface area contributed by atoms with Gasteiger partial charge in [0.2, 0.25) is 0 Å². The van der Waals surface area contributed by atoms with E-state index in [1.807, 2.05) is 0 Å². The Kier molecular flexibility index (Phi) is 2.98. The standard InChI is InChI=1S/C34H20/c1-3-7-23-19(5-1)17-21-9-11-27-30-16-14-26-24-8-4-2-6-20(24)18-22-10-12-28(34(30)32(22)26)29-15-13-25(23)31(21)33(27)29/h1-16H,17-18H2. The second-order valence-electron chi connectivity index (χ2n) is 10.0. The molecule has 2 aliphatic rings. The lowest BCUT2D eigenvalue weighted by atomic mass is 9.77. The Balaban J connectivity index is 1.51. The minimum atomic E-state index is 1.01. The van der Waals surface area contributed by atoms with Crippen LogP contribution in [0.3, 0.4) is 0 Å². The van der Waals surface area contributed by atoms with Gasteiger partial charge in [0.25, 0.3) is 0 Å². The molecule has 0 radical (unpaired) electrons. The van der Waals surface area contributed by atoms with Crippen LogP contribution < -0.4 is 0 Å². The molecule has 0 N–H and O–H groups in total. The summed E-state index contributed by atoms with van der Waals surface area (Å²) in [5, 5.41) is 11.4. The highest BCUT2D eigenvalue weighted by atomic mass is 14.3. The van der Waals surface area contributed by atoms with Gasteiger partial charge in [0.1, 0.15) is 0 Å². The summed E-state index contributed by atoms with van der Waals surface area (Å²) in [6, 6.07) is 36.9. The predicted molar refractivity (Wildman–Crippen MR) is 144 cm³/mol. The van der Waals surface area contributed by atoms with Crippen molar-refractivity contribution in [3.05, 3.63) is 119 Å². The maximum atomic E-state index is 2.39.